The Hall–Kier alpha value is -1.79. The van der Waals surface area contributed by atoms with Crippen LogP contribution in [0.2, 0.25) is 5.02 Å². The van der Waals surface area contributed by atoms with Gasteiger partial charge in [-0.25, -0.2) is 0 Å². The fraction of sp³-hybridized carbons (Fsp3) is 0.267. The second kappa shape index (κ2) is 6.98. The van der Waals surface area contributed by atoms with E-state index in [9.17, 15) is 4.79 Å². The number of halogens is 1. The Kier molecular flexibility index (Phi) is 5.26. The molecule has 0 atom stereocenters. The van der Waals surface area contributed by atoms with Crippen molar-refractivity contribution in [2.75, 3.05) is 23.4 Å². The largest absolute Gasteiger partial charge is 0.494 e. The molecule has 2 rings (SSSR count). The fourth-order valence-corrected chi connectivity index (χ4v) is 2.72. The molecule has 22 heavy (non-hydrogen) atoms. The van der Waals surface area contributed by atoms with Crippen LogP contribution in [-0.4, -0.2) is 17.9 Å². The van der Waals surface area contributed by atoms with E-state index in [1.165, 1.54) is 29.7 Å². The number of nitrogens with zero attached hydrogens (tertiary/aromatic N) is 1. The molecule has 7 heteroatoms. The van der Waals surface area contributed by atoms with Gasteiger partial charge in [0.2, 0.25) is 0 Å². The molecule has 0 aliphatic carbocycles. The zero-order valence-corrected chi connectivity index (χ0v) is 14.4. The number of benzene rings is 1. The van der Waals surface area contributed by atoms with Crippen LogP contribution in [0.25, 0.3) is 0 Å². The summed E-state index contributed by atoms with van der Waals surface area (Å²) in [4.78, 5) is 12.1. The second-order valence-corrected chi connectivity index (χ2v) is 5.77. The van der Waals surface area contributed by atoms with Gasteiger partial charge in [0.15, 0.2) is 5.75 Å². The Morgan fingerprint density at radius 1 is 1.32 bits per heavy atom. The average Bonchev–Trinajstić information content (AvgIpc) is 2.48. The molecule has 5 nitrogen and oxygen atoms in total. The van der Waals surface area contributed by atoms with Gasteiger partial charge in [-0.1, -0.05) is 29.6 Å². The number of ether oxygens (including phenoxy) is 1. The number of rotatable bonds is 5. The summed E-state index contributed by atoms with van der Waals surface area (Å²) in [6, 6.07) is 7.14. The van der Waals surface area contributed by atoms with Crippen molar-refractivity contribution in [1.82, 2.24) is 4.57 Å². The highest BCUT2D eigenvalue weighted by atomic mass is 35.5. The van der Waals surface area contributed by atoms with Crippen LogP contribution in [0.1, 0.15) is 5.56 Å². The maximum Gasteiger partial charge on any atom is 0.255 e. The summed E-state index contributed by atoms with van der Waals surface area (Å²) in [5.41, 5.74) is 2.31. The fourth-order valence-electron chi connectivity index (χ4n) is 2.03. The molecule has 2 N–H and O–H groups in total. The summed E-state index contributed by atoms with van der Waals surface area (Å²) in [6.45, 7) is 1.97. The molecule has 118 valence electrons. The van der Waals surface area contributed by atoms with E-state index in [1.807, 2.05) is 31.4 Å². The van der Waals surface area contributed by atoms with E-state index in [2.05, 4.69) is 10.0 Å². The number of methoxy groups -OCH3 is 1. The van der Waals surface area contributed by atoms with Gasteiger partial charge in [-0.15, -0.1) is 0 Å². The molecule has 0 aliphatic heterocycles. The Labute approximate surface area is 138 Å². The van der Waals surface area contributed by atoms with Crippen molar-refractivity contribution in [1.29, 1.82) is 0 Å². The van der Waals surface area contributed by atoms with Crippen LogP contribution in [0.3, 0.4) is 0 Å². The van der Waals surface area contributed by atoms with Crippen molar-refractivity contribution in [3.8, 4) is 5.75 Å². The molecular weight excluding hydrogens is 322 g/mol. The van der Waals surface area contributed by atoms with Crippen LogP contribution in [0.5, 0.6) is 5.75 Å². The number of anilines is 3. The van der Waals surface area contributed by atoms with Crippen molar-refractivity contribution in [3.63, 3.8) is 0 Å². The predicted molar refractivity (Wildman–Crippen MR) is 94.8 cm³/mol. The molecule has 0 amide bonds. The van der Waals surface area contributed by atoms with Gasteiger partial charge in [-0.3, -0.25) is 9.36 Å². The molecule has 0 spiro atoms. The first-order valence-corrected chi connectivity index (χ1v) is 8.18. The molecule has 0 aliphatic rings. The number of nitrogens with one attached hydrogen (secondary N) is 2. The molecule has 0 fully saturated rings. The molecule has 2 aromatic rings. The highest BCUT2D eigenvalue weighted by molar-refractivity contribution is 7.99. The summed E-state index contributed by atoms with van der Waals surface area (Å²) < 4.78 is 9.95. The normalized spacial score (nSPS) is 10.4. The van der Waals surface area contributed by atoms with Gasteiger partial charge in [0.1, 0.15) is 11.5 Å². The minimum Gasteiger partial charge on any atom is -0.494 e. The monoisotopic (exact) mass is 339 g/mol. The van der Waals surface area contributed by atoms with Gasteiger partial charge in [0.05, 0.1) is 17.8 Å². The van der Waals surface area contributed by atoms with Crippen LogP contribution < -0.4 is 20.3 Å². The van der Waals surface area contributed by atoms with E-state index in [4.69, 9.17) is 16.3 Å². The van der Waals surface area contributed by atoms with E-state index in [0.29, 0.717) is 22.3 Å². The molecular formula is C15H18ClN3O2S. The van der Waals surface area contributed by atoms with Gasteiger partial charge in [-0.2, -0.15) is 0 Å². The predicted octanol–water partition coefficient (Wildman–Crippen LogP) is 3.79. The van der Waals surface area contributed by atoms with Crippen LogP contribution in [0.4, 0.5) is 17.2 Å². The Morgan fingerprint density at radius 2 is 2.05 bits per heavy atom. The van der Waals surface area contributed by atoms with E-state index in [-0.39, 0.29) is 5.56 Å². The Bertz CT molecular complexity index is 746. The van der Waals surface area contributed by atoms with Crippen LogP contribution >= 0.6 is 23.5 Å². The average molecular weight is 340 g/mol. The molecule has 0 saturated heterocycles. The lowest BCUT2D eigenvalue weighted by atomic mass is 10.2. The van der Waals surface area contributed by atoms with Gasteiger partial charge in [-0.05, 0) is 24.6 Å². The van der Waals surface area contributed by atoms with E-state index in [1.54, 1.807) is 7.05 Å². The van der Waals surface area contributed by atoms with E-state index >= 15 is 0 Å². The summed E-state index contributed by atoms with van der Waals surface area (Å²) in [6.07, 6.45) is 1.90. The standard InChI is InChI=1S/C15H18ClN3O2S/c1-9-5-6-11(10(16)7-9)17-15-14(18-22-4)12(21-3)8-13(20)19(15)2/h5-8,17-18H,1-4H3. The summed E-state index contributed by atoms with van der Waals surface area (Å²) in [7, 11) is 3.22. The first kappa shape index (κ1) is 16.6. The highest BCUT2D eigenvalue weighted by Gasteiger charge is 2.15. The van der Waals surface area contributed by atoms with Gasteiger partial charge in [0, 0.05) is 19.4 Å². The van der Waals surface area contributed by atoms with Crippen LogP contribution in [0, 0.1) is 6.92 Å². The van der Waals surface area contributed by atoms with E-state index < -0.39 is 0 Å². The smallest absolute Gasteiger partial charge is 0.255 e. The Balaban J connectivity index is 2.57. The van der Waals surface area contributed by atoms with Gasteiger partial charge in [0.25, 0.3) is 5.56 Å². The first-order valence-electron chi connectivity index (χ1n) is 6.58. The lowest BCUT2D eigenvalue weighted by Gasteiger charge is -2.19. The zero-order chi connectivity index (χ0) is 16.3. The molecule has 1 aromatic heterocycles. The SMILES string of the molecule is COc1cc(=O)n(C)c(Nc2ccc(C)cc2Cl)c1NSC. The third-order valence-corrected chi connectivity index (χ3v) is 3.93. The second-order valence-electron chi connectivity index (χ2n) is 4.75. The third kappa shape index (κ3) is 3.34. The lowest BCUT2D eigenvalue weighted by molar-refractivity contribution is 0.415. The highest BCUT2D eigenvalue weighted by Crippen LogP contribution is 2.35. The Morgan fingerprint density at radius 3 is 2.64 bits per heavy atom. The van der Waals surface area contributed by atoms with Gasteiger partial charge < -0.3 is 14.8 Å². The van der Waals surface area contributed by atoms with Crippen molar-refractivity contribution < 1.29 is 4.74 Å². The topological polar surface area (TPSA) is 55.3 Å². The zero-order valence-electron chi connectivity index (χ0n) is 12.9. The summed E-state index contributed by atoms with van der Waals surface area (Å²) in [5.74, 6) is 1.06. The number of pyridine rings is 1. The summed E-state index contributed by atoms with van der Waals surface area (Å²) in [5, 5.41) is 3.80. The molecule has 1 aromatic carbocycles. The lowest BCUT2D eigenvalue weighted by Crippen LogP contribution is -2.20. The molecule has 0 radical (unpaired) electrons. The summed E-state index contributed by atoms with van der Waals surface area (Å²) >= 11 is 7.68. The van der Waals surface area contributed by atoms with Crippen LogP contribution in [-0.2, 0) is 7.05 Å². The van der Waals surface area contributed by atoms with Crippen molar-refractivity contribution in [3.05, 3.63) is 45.2 Å². The number of hydrogen-bond acceptors (Lipinski definition) is 5. The molecule has 1 heterocycles. The molecule has 0 saturated carbocycles. The van der Waals surface area contributed by atoms with Gasteiger partial charge >= 0.3 is 0 Å². The van der Waals surface area contributed by atoms with E-state index in [0.717, 1.165) is 11.3 Å². The minimum atomic E-state index is -0.172. The van der Waals surface area contributed by atoms with Crippen molar-refractivity contribution in [2.45, 2.75) is 6.92 Å². The van der Waals surface area contributed by atoms with Crippen LogP contribution in [0.15, 0.2) is 29.1 Å². The molecule has 0 bridgehead atoms. The van der Waals surface area contributed by atoms with Crippen molar-refractivity contribution >= 4 is 40.7 Å². The number of aromatic nitrogens is 1. The quantitative estimate of drug-likeness (QED) is 0.812. The molecule has 0 unspecified atom stereocenters. The maximum absolute atomic E-state index is 12.1. The number of hydrogen-bond donors (Lipinski definition) is 2. The first-order chi connectivity index (χ1) is 10.5. The number of aryl methyl sites for hydroxylation is 1. The minimum absolute atomic E-state index is 0.172. The maximum atomic E-state index is 12.1. The third-order valence-electron chi connectivity index (χ3n) is 3.21. The van der Waals surface area contributed by atoms with Crippen molar-refractivity contribution in [2.24, 2.45) is 7.05 Å².